The first-order valence-corrected chi connectivity index (χ1v) is 11.3. The summed E-state index contributed by atoms with van der Waals surface area (Å²) in [6.45, 7) is -0.348. The van der Waals surface area contributed by atoms with Crippen molar-refractivity contribution in [3.05, 3.63) is 103 Å². The summed E-state index contributed by atoms with van der Waals surface area (Å²) in [6, 6.07) is 25.7. The van der Waals surface area contributed by atoms with Gasteiger partial charge in [0.05, 0.1) is 23.4 Å². The van der Waals surface area contributed by atoms with Crippen LogP contribution in [-0.4, -0.2) is 40.0 Å². The van der Waals surface area contributed by atoms with Crippen LogP contribution in [0.5, 0.6) is 5.75 Å². The van der Waals surface area contributed by atoms with Crippen molar-refractivity contribution in [2.45, 2.75) is 12.5 Å². The third-order valence-electron chi connectivity index (χ3n) is 5.87. The smallest absolute Gasteiger partial charge is 0.246 e. The Morgan fingerprint density at radius 2 is 1.77 bits per heavy atom. The quantitative estimate of drug-likeness (QED) is 0.353. The molecule has 1 heterocycles. The van der Waals surface area contributed by atoms with Gasteiger partial charge >= 0.3 is 0 Å². The number of nitrogens with one attached hydrogen (secondary N) is 1. The van der Waals surface area contributed by atoms with Gasteiger partial charge in [-0.25, -0.2) is 9.07 Å². The summed E-state index contributed by atoms with van der Waals surface area (Å²) in [5.74, 6) is -0.110. The minimum Gasteiger partial charge on any atom is -0.491 e. The van der Waals surface area contributed by atoms with Crippen molar-refractivity contribution in [1.82, 2.24) is 15.1 Å². The van der Waals surface area contributed by atoms with Gasteiger partial charge < -0.3 is 15.2 Å². The van der Waals surface area contributed by atoms with Gasteiger partial charge in [-0.05, 0) is 65.2 Å². The predicted molar refractivity (Wildman–Crippen MR) is 133 cm³/mol. The molecule has 0 saturated heterocycles. The lowest BCUT2D eigenvalue weighted by molar-refractivity contribution is -0.124. The van der Waals surface area contributed by atoms with Crippen molar-refractivity contribution in [1.29, 1.82) is 0 Å². The van der Waals surface area contributed by atoms with Gasteiger partial charge in [0.1, 0.15) is 24.8 Å². The Morgan fingerprint density at radius 1 is 0.971 bits per heavy atom. The number of halogens is 1. The van der Waals surface area contributed by atoms with Gasteiger partial charge in [0, 0.05) is 5.39 Å². The van der Waals surface area contributed by atoms with E-state index >= 15 is 0 Å². The van der Waals surface area contributed by atoms with Crippen LogP contribution in [0.1, 0.15) is 5.56 Å². The SMILES string of the molecule is O=C(CO)NC(COc1ccc2c(cnn2-c2ccc(F)cc2)c1)Cc1ccc2ccccc2c1. The van der Waals surface area contributed by atoms with Crippen molar-refractivity contribution in [3.63, 3.8) is 0 Å². The van der Waals surface area contributed by atoms with Gasteiger partial charge in [-0.3, -0.25) is 4.79 Å². The minimum absolute atomic E-state index is 0.232. The Balaban J connectivity index is 1.32. The summed E-state index contributed by atoms with van der Waals surface area (Å²) in [4.78, 5) is 11.9. The maximum atomic E-state index is 13.3. The van der Waals surface area contributed by atoms with Crippen LogP contribution in [0.4, 0.5) is 4.39 Å². The van der Waals surface area contributed by atoms with Crippen LogP contribution in [0.2, 0.25) is 0 Å². The summed E-state index contributed by atoms with van der Waals surface area (Å²) in [7, 11) is 0. The molecule has 0 aliphatic rings. The average Bonchev–Trinajstić information content (AvgIpc) is 3.31. The van der Waals surface area contributed by atoms with Crippen LogP contribution in [0.25, 0.3) is 27.4 Å². The van der Waals surface area contributed by atoms with E-state index in [4.69, 9.17) is 4.74 Å². The highest BCUT2D eigenvalue weighted by atomic mass is 19.1. The number of carbonyl (C=O) groups excluding carboxylic acids is 1. The Morgan fingerprint density at radius 3 is 2.57 bits per heavy atom. The Labute approximate surface area is 201 Å². The second-order valence-corrected chi connectivity index (χ2v) is 8.37. The number of aromatic nitrogens is 2. The number of ether oxygens (including phenoxy) is 1. The summed E-state index contributed by atoms with van der Waals surface area (Å²) in [6.07, 6.45) is 2.28. The van der Waals surface area contributed by atoms with Gasteiger partial charge in [-0.1, -0.05) is 42.5 Å². The third kappa shape index (κ3) is 5.15. The molecule has 5 rings (SSSR count). The molecular weight excluding hydrogens is 445 g/mol. The van der Waals surface area contributed by atoms with Crippen molar-refractivity contribution in [2.24, 2.45) is 0 Å². The van der Waals surface area contributed by atoms with Crippen molar-refractivity contribution >= 4 is 27.6 Å². The molecule has 2 N–H and O–H groups in total. The van der Waals surface area contributed by atoms with E-state index in [1.807, 2.05) is 36.4 Å². The van der Waals surface area contributed by atoms with Gasteiger partial charge in [0.15, 0.2) is 0 Å². The molecule has 0 radical (unpaired) electrons. The number of amides is 1. The molecule has 35 heavy (non-hydrogen) atoms. The number of hydrogen-bond acceptors (Lipinski definition) is 4. The first-order valence-electron chi connectivity index (χ1n) is 11.3. The fourth-order valence-corrected chi connectivity index (χ4v) is 4.16. The maximum absolute atomic E-state index is 13.3. The molecule has 0 aliphatic carbocycles. The fourth-order valence-electron chi connectivity index (χ4n) is 4.16. The summed E-state index contributed by atoms with van der Waals surface area (Å²) < 4.78 is 21.0. The van der Waals surface area contributed by atoms with Crippen LogP contribution in [-0.2, 0) is 11.2 Å². The van der Waals surface area contributed by atoms with E-state index < -0.39 is 12.5 Å². The molecule has 0 aliphatic heterocycles. The van der Waals surface area contributed by atoms with Crippen LogP contribution >= 0.6 is 0 Å². The molecule has 6 nitrogen and oxygen atoms in total. The first kappa shape index (κ1) is 22.6. The molecule has 176 valence electrons. The number of hydrogen-bond donors (Lipinski definition) is 2. The van der Waals surface area contributed by atoms with Gasteiger partial charge in [0.25, 0.3) is 0 Å². The first-order chi connectivity index (χ1) is 17.1. The van der Waals surface area contributed by atoms with Crippen molar-refractivity contribution < 1.29 is 19.0 Å². The lowest BCUT2D eigenvalue weighted by Gasteiger charge is -2.19. The Hall–Kier alpha value is -4.23. The normalized spacial score (nSPS) is 12.1. The topological polar surface area (TPSA) is 76.4 Å². The minimum atomic E-state index is -0.581. The van der Waals surface area contributed by atoms with Crippen LogP contribution in [0, 0.1) is 5.82 Å². The van der Waals surface area contributed by atoms with E-state index in [-0.39, 0.29) is 18.5 Å². The van der Waals surface area contributed by atoms with E-state index in [1.54, 1.807) is 23.0 Å². The van der Waals surface area contributed by atoms with Gasteiger partial charge in [-0.2, -0.15) is 5.10 Å². The molecule has 5 aromatic rings. The zero-order valence-electron chi connectivity index (χ0n) is 18.9. The monoisotopic (exact) mass is 469 g/mol. The molecule has 0 bridgehead atoms. The zero-order valence-corrected chi connectivity index (χ0v) is 18.9. The standard InChI is InChI=1S/C28H24FN3O3/c29-23-7-9-25(10-8-23)32-27-12-11-26(15-22(27)16-30-32)35-18-24(31-28(34)17-33)14-19-5-6-20-3-1-2-4-21(20)13-19/h1-13,15-16,24,33H,14,17-18H2,(H,31,34). The summed E-state index contributed by atoms with van der Waals surface area (Å²) >= 11 is 0. The summed E-state index contributed by atoms with van der Waals surface area (Å²) in [5.41, 5.74) is 2.69. The average molecular weight is 470 g/mol. The third-order valence-corrected chi connectivity index (χ3v) is 5.87. The molecular formula is C28H24FN3O3. The van der Waals surface area contributed by atoms with Crippen LogP contribution in [0.3, 0.4) is 0 Å². The van der Waals surface area contributed by atoms with Crippen LogP contribution in [0.15, 0.2) is 91.1 Å². The van der Waals surface area contributed by atoms with Gasteiger partial charge in [-0.15, -0.1) is 0 Å². The van der Waals surface area contributed by atoms with E-state index in [9.17, 15) is 14.3 Å². The molecule has 1 aromatic heterocycles. The summed E-state index contributed by atoms with van der Waals surface area (Å²) in [5, 5.41) is 19.6. The number of nitrogens with zero attached hydrogens (tertiary/aromatic N) is 2. The second-order valence-electron chi connectivity index (χ2n) is 8.37. The molecule has 0 spiro atoms. The van der Waals surface area contributed by atoms with E-state index in [0.29, 0.717) is 12.2 Å². The lowest BCUT2D eigenvalue weighted by atomic mass is 10.0. The van der Waals surface area contributed by atoms with Gasteiger partial charge in [0.2, 0.25) is 5.91 Å². The van der Waals surface area contributed by atoms with Crippen LogP contribution < -0.4 is 10.1 Å². The molecule has 1 atom stereocenters. The van der Waals surface area contributed by atoms with Crippen molar-refractivity contribution in [2.75, 3.05) is 13.2 Å². The number of benzene rings is 4. The highest BCUT2D eigenvalue weighted by molar-refractivity contribution is 5.83. The Kier molecular flexibility index (Phi) is 6.41. The number of aliphatic hydroxyl groups excluding tert-OH is 1. The highest BCUT2D eigenvalue weighted by Gasteiger charge is 2.15. The number of fused-ring (bicyclic) bond motifs is 2. The second kappa shape index (κ2) is 9.95. The predicted octanol–water partition coefficient (Wildman–Crippen LogP) is 4.42. The molecule has 4 aromatic carbocycles. The molecule has 1 unspecified atom stereocenters. The van der Waals surface area contributed by atoms with E-state index in [2.05, 4.69) is 34.7 Å². The number of carbonyl (C=O) groups is 1. The molecule has 0 fully saturated rings. The Bertz CT molecular complexity index is 1480. The van der Waals surface area contributed by atoms with E-state index in [1.165, 1.54) is 12.1 Å². The van der Waals surface area contributed by atoms with Crippen molar-refractivity contribution in [3.8, 4) is 11.4 Å². The zero-order chi connectivity index (χ0) is 24.2. The fraction of sp³-hybridized carbons (Fsp3) is 0.143. The largest absolute Gasteiger partial charge is 0.491 e. The van der Waals surface area contributed by atoms with E-state index in [0.717, 1.165) is 32.9 Å². The highest BCUT2D eigenvalue weighted by Crippen LogP contribution is 2.24. The lowest BCUT2D eigenvalue weighted by Crippen LogP contribution is -2.42. The molecule has 1 amide bonds. The maximum Gasteiger partial charge on any atom is 0.246 e. The number of rotatable bonds is 8. The number of aliphatic hydroxyl groups is 1. The molecule has 7 heteroatoms. The molecule has 0 saturated carbocycles.